The normalized spacial score (nSPS) is 10.7. The molecule has 0 N–H and O–H groups in total. The van der Waals surface area contributed by atoms with Crippen LogP contribution in [-0.2, 0) is 15.4 Å². The Hall–Kier alpha value is -0.390. The van der Waals surface area contributed by atoms with Crippen molar-refractivity contribution in [2.24, 2.45) is 0 Å². The summed E-state index contributed by atoms with van der Waals surface area (Å²) in [5, 5.41) is 1.46. The molecule has 3 nitrogen and oxygen atoms in total. The predicted octanol–water partition coefficient (Wildman–Crippen LogP) is 3.19. The van der Waals surface area contributed by atoms with Gasteiger partial charge in [-0.3, -0.25) is 0 Å². The van der Waals surface area contributed by atoms with E-state index in [9.17, 15) is 4.79 Å². The van der Waals surface area contributed by atoms with Crippen molar-refractivity contribution in [1.29, 1.82) is 0 Å². The molecular weight excluding hydrogens is 362 g/mol. The number of benzene rings is 1. The maximum Gasteiger partial charge on any atom is 0.338 e. The monoisotopic (exact) mass is 377 g/mol. The molecule has 0 bridgehead atoms. The number of hydrogen-bond donors (Lipinski definition) is 0. The summed E-state index contributed by atoms with van der Waals surface area (Å²) in [5.74, 6) is -0.262. The van der Waals surface area contributed by atoms with Gasteiger partial charge in [0.2, 0.25) is 0 Å². The van der Waals surface area contributed by atoms with E-state index in [1.165, 1.54) is 0 Å². The topological polar surface area (TPSA) is 29.5 Å². The quantitative estimate of drug-likeness (QED) is 0.562. The Balaban J connectivity index is 2.72. The zero-order valence-corrected chi connectivity index (χ0v) is 13.8. The van der Waals surface area contributed by atoms with E-state index >= 15 is 0 Å². The first-order valence-electron chi connectivity index (χ1n) is 5.63. The van der Waals surface area contributed by atoms with Gasteiger partial charge >= 0.3 is 5.97 Å². The summed E-state index contributed by atoms with van der Waals surface area (Å²) in [5.41, 5.74) is 2.76. The number of esters is 1. The van der Waals surface area contributed by atoms with Crippen LogP contribution in [0.4, 0.5) is 0 Å². The number of nitrogens with zero attached hydrogens (tertiary/aromatic N) is 1. The molecule has 0 saturated carbocycles. The van der Waals surface area contributed by atoms with Crippen LogP contribution in [0.25, 0.3) is 0 Å². The lowest BCUT2D eigenvalue weighted by Crippen LogP contribution is -2.20. The Morgan fingerprint density at radius 2 is 1.72 bits per heavy atom. The number of carbonyl (C=O) groups excluding carboxylic acids is 1. The van der Waals surface area contributed by atoms with E-state index in [0.29, 0.717) is 12.2 Å². The van der Waals surface area contributed by atoms with E-state index in [1.54, 1.807) is 0 Å². The van der Waals surface area contributed by atoms with E-state index in [-0.39, 0.29) is 5.97 Å². The first kappa shape index (κ1) is 15.7. The highest BCUT2D eigenvalue weighted by Gasteiger charge is 2.09. The molecule has 0 aliphatic heterocycles. The molecule has 0 unspecified atom stereocenters. The van der Waals surface area contributed by atoms with Crippen molar-refractivity contribution in [2.75, 3.05) is 27.2 Å². The van der Waals surface area contributed by atoms with E-state index < -0.39 is 0 Å². The van der Waals surface area contributed by atoms with Crippen LogP contribution in [0.15, 0.2) is 18.2 Å². The molecule has 0 saturated heterocycles. The van der Waals surface area contributed by atoms with Crippen molar-refractivity contribution < 1.29 is 9.53 Å². The third kappa shape index (κ3) is 5.08. The van der Waals surface area contributed by atoms with Gasteiger partial charge in [-0.15, -0.1) is 0 Å². The predicted molar refractivity (Wildman–Crippen MR) is 80.5 cm³/mol. The van der Waals surface area contributed by atoms with Gasteiger partial charge in [0.15, 0.2) is 0 Å². The fourth-order valence-corrected chi connectivity index (χ4v) is 2.09. The van der Waals surface area contributed by atoms with Gasteiger partial charge in [0.25, 0.3) is 0 Å². The molecule has 1 aromatic rings. The van der Waals surface area contributed by atoms with Gasteiger partial charge in [-0.2, -0.15) is 0 Å². The highest BCUT2D eigenvalue weighted by atomic mass is 79.9. The minimum absolute atomic E-state index is 0.262. The summed E-state index contributed by atoms with van der Waals surface area (Å²) < 4.78 is 5.23. The molecule has 0 aliphatic rings. The molecule has 1 rings (SSSR count). The maximum absolute atomic E-state index is 11.9. The molecule has 0 heterocycles. The molecule has 0 spiro atoms. The molecule has 5 heteroatoms. The van der Waals surface area contributed by atoms with Crippen LogP contribution in [0, 0.1) is 0 Å². The summed E-state index contributed by atoms with van der Waals surface area (Å²) in [7, 11) is 3.89. The van der Waals surface area contributed by atoms with Crippen molar-refractivity contribution in [3.05, 3.63) is 34.9 Å². The number of ether oxygens (including phenoxy) is 1. The third-order valence-corrected chi connectivity index (χ3v) is 3.66. The van der Waals surface area contributed by atoms with Gasteiger partial charge in [0.05, 0.1) is 5.56 Å². The largest absolute Gasteiger partial charge is 0.461 e. The van der Waals surface area contributed by atoms with Crippen LogP contribution < -0.4 is 0 Å². The number of hydrogen-bond acceptors (Lipinski definition) is 3. The summed E-state index contributed by atoms with van der Waals surface area (Å²) >= 11 is 6.80. The first-order valence-corrected chi connectivity index (χ1v) is 7.87. The van der Waals surface area contributed by atoms with Gasteiger partial charge < -0.3 is 9.64 Å². The standard InChI is InChI=1S/C13H17Br2NO2/c1-16(2)3-4-18-13(17)12-6-10(8-14)5-11(7-12)9-15/h5-7H,3-4,8-9H2,1-2H3. The number of rotatable bonds is 6. The molecule has 18 heavy (non-hydrogen) atoms. The zero-order chi connectivity index (χ0) is 13.5. The first-order chi connectivity index (χ1) is 8.56. The summed E-state index contributed by atoms with van der Waals surface area (Å²) in [6.07, 6.45) is 0. The van der Waals surface area contributed by atoms with Crippen LogP contribution in [0.3, 0.4) is 0 Å². The lowest BCUT2D eigenvalue weighted by atomic mass is 10.1. The average molecular weight is 379 g/mol. The Morgan fingerprint density at radius 1 is 1.17 bits per heavy atom. The second kappa shape index (κ2) is 7.92. The minimum atomic E-state index is -0.262. The molecule has 0 amide bonds. The van der Waals surface area contributed by atoms with Crippen molar-refractivity contribution in [2.45, 2.75) is 10.7 Å². The number of halogens is 2. The van der Waals surface area contributed by atoms with Crippen LogP contribution >= 0.6 is 31.9 Å². The number of alkyl halides is 2. The summed E-state index contributed by atoms with van der Waals surface area (Å²) in [4.78, 5) is 13.9. The molecule has 1 aromatic carbocycles. The van der Waals surface area contributed by atoms with Gasteiger partial charge in [-0.05, 0) is 37.4 Å². The molecule has 100 valence electrons. The molecular formula is C13H17Br2NO2. The Kier molecular flexibility index (Phi) is 6.89. The Bertz CT molecular complexity index is 386. The second-order valence-corrected chi connectivity index (χ2v) is 5.37. The van der Waals surface area contributed by atoms with E-state index in [1.807, 2.05) is 31.1 Å². The van der Waals surface area contributed by atoms with Gasteiger partial charge in [-0.25, -0.2) is 4.79 Å². The fourth-order valence-electron chi connectivity index (χ4n) is 1.44. The van der Waals surface area contributed by atoms with Crippen LogP contribution in [0.1, 0.15) is 21.5 Å². The number of likely N-dealkylation sites (N-methyl/N-ethyl adjacent to an activating group) is 1. The molecule has 0 atom stereocenters. The Morgan fingerprint density at radius 3 is 2.17 bits per heavy atom. The average Bonchev–Trinajstić information content (AvgIpc) is 2.37. The summed E-state index contributed by atoms with van der Waals surface area (Å²) in [6, 6.07) is 5.78. The van der Waals surface area contributed by atoms with Crippen LogP contribution in [0.5, 0.6) is 0 Å². The highest BCUT2D eigenvalue weighted by Crippen LogP contribution is 2.16. The minimum Gasteiger partial charge on any atom is -0.461 e. The fraction of sp³-hybridized carbons (Fsp3) is 0.462. The van der Waals surface area contributed by atoms with Crippen LogP contribution in [-0.4, -0.2) is 38.1 Å². The highest BCUT2D eigenvalue weighted by molar-refractivity contribution is 9.08. The summed E-state index contributed by atoms with van der Waals surface area (Å²) in [6.45, 7) is 1.14. The van der Waals surface area contributed by atoms with E-state index in [4.69, 9.17) is 4.74 Å². The lowest BCUT2D eigenvalue weighted by Gasteiger charge is -2.11. The maximum atomic E-state index is 11.9. The Labute approximate surface area is 125 Å². The molecule has 0 radical (unpaired) electrons. The molecule has 0 aliphatic carbocycles. The van der Waals surface area contributed by atoms with E-state index in [0.717, 1.165) is 28.3 Å². The van der Waals surface area contributed by atoms with Crippen molar-refractivity contribution in [3.8, 4) is 0 Å². The SMILES string of the molecule is CN(C)CCOC(=O)c1cc(CBr)cc(CBr)c1. The van der Waals surface area contributed by atoms with Crippen LogP contribution in [0.2, 0.25) is 0 Å². The second-order valence-electron chi connectivity index (χ2n) is 4.24. The van der Waals surface area contributed by atoms with Crippen molar-refractivity contribution in [3.63, 3.8) is 0 Å². The van der Waals surface area contributed by atoms with Crippen molar-refractivity contribution >= 4 is 37.8 Å². The lowest BCUT2D eigenvalue weighted by molar-refractivity contribution is 0.0481. The van der Waals surface area contributed by atoms with E-state index in [2.05, 4.69) is 37.9 Å². The van der Waals surface area contributed by atoms with Gasteiger partial charge in [0, 0.05) is 17.2 Å². The van der Waals surface area contributed by atoms with Crippen molar-refractivity contribution in [1.82, 2.24) is 4.90 Å². The molecule has 0 fully saturated rings. The van der Waals surface area contributed by atoms with Gasteiger partial charge in [0.1, 0.15) is 6.61 Å². The zero-order valence-electron chi connectivity index (χ0n) is 10.6. The molecule has 0 aromatic heterocycles. The smallest absolute Gasteiger partial charge is 0.338 e. The van der Waals surface area contributed by atoms with Gasteiger partial charge in [-0.1, -0.05) is 37.9 Å². The number of carbonyl (C=O) groups is 1. The third-order valence-electron chi connectivity index (χ3n) is 2.37.